The largest absolute Gasteiger partial charge is 0.341 e. The van der Waals surface area contributed by atoms with E-state index in [1.165, 1.54) is 22.5 Å². The van der Waals surface area contributed by atoms with Crippen LogP contribution < -0.4 is 5.32 Å². The molecule has 27 heavy (non-hydrogen) atoms. The first-order valence-corrected chi connectivity index (χ1v) is 10.5. The van der Waals surface area contributed by atoms with Crippen molar-refractivity contribution in [2.24, 2.45) is 0 Å². The number of hydrogen-bond donors (Lipinski definition) is 1. The first kappa shape index (κ1) is 19.7. The Morgan fingerprint density at radius 3 is 2.56 bits per heavy atom. The molecule has 2 aliphatic heterocycles. The minimum Gasteiger partial charge on any atom is -0.341 e. The summed E-state index contributed by atoms with van der Waals surface area (Å²) in [6.07, 6.45) is 2.75. The first-order chi connectivity index (χ1) is 12.8. The van der Waals surface area contributed by atoms with Crippen molar-refractivity contribution in [2.45, 2.75) is 42.7 Å². The normalized spacial score (nSPS) is 22.1. The molecule has 0 aliphatic carbocycles. The van der Waals surface area contributed by atoms with Crippen molar-refractivity contribution in [2.75, 3.05) is 26.7 Å². The topological polar surface area (TPSA) is 113 Å². The van der Waals surface area contributed by atoms with Crippen LogP contribution in [-0.2, 0) is 14.8 Å². The maximum Gasteiger partial charge on any atom is 0.270 e. The van der Waals surface area contributed by atoms with Crippen molar-refractivity contribution in [3.63, 3.8) is 0 Å². The number of carbonyl (C=O) groups excluding carboxylic acids is 1. The number of nitro groups is 1. The summed E-state index contributed by atoms with van der Waals surface area (Å²) in [7, 11) is -2.08. The molecule has 1 unspecified atom stereocenters. The summed E-state index contributed by atoms with van der Waals surface area (Å²) >= 11 is 0. The third kappa shape index (κ3) is 3.97. The first-order valence-electron chi connectivity index (χ1n) is 9.07. The fourth-order valence-electron chi connectivity index (χ4n) is 3.77. The van der Waals surface area contributed by atoms with Crippen molar-refractivity contribution in [3.05, 3.63) is 34.4 Å². The number of benzene rings is 1. The van der Waals surface area contributed by atoms with Crippen LogP contribution in [0.3, 0.4) is 0 Å². The van der Waals surface area contributed by atoms with Gasteiger partial charge in [0.1, 0.15) is 6.04 Å². The van der Waals surface area contributed by atoms with E-state index < -0.39 is 21.0 Å². The van der Waals surface area contributed by atoms with Crippen LogP contribution in [0.2, 0.25) is 0 Å². The van der Waals surface area contributed by atoms with E-state index in [0.29, 0.717) is 32.0 Å². The van der Waals surface area contributed by atoms with Crippen molar-refractivity contribution in [1.29, 1.82) is 0 Å². The number of non-ortho nitro benzene ring substituents is 1. The second-order valence-electron chi connectivity index (χ2n) is 6.92. The molecule has 9 nitrogen and oxygen atoms in total. The zero-order valence-corrected chi connectivity index (χ0v) is 16.0. The average Bonchev–Trinajstić information content (AvgIpc) is 3.18. The number of carbonyl (C=O) groups is 1. The van der Waals surface area contributed by atoms with Gasteiger partial charge in [-0.1, -0.05) is 6.07 Å². The van der Waals surface area contributed by atoms with E-state index in [9.17, 15) is 23.3 Å². The van der Waals surface area contributed by atoms with Crippen molar-refractivity contribution >= 4 is 21.6 Å². The van der Waals surface area contributed by atoms with E-state index in [1.54, 1.807) is 4.90 Å². The average molecular weight is 396 g/mol. The van der Waals surface area contributed by atoms with E-state index in [-0.39, 0.29) is 23.0 Å². The number of nitrogens with zero attached hydrogens (tertiary/aromatic N) is 3. The molecule has 0 spiro atoms. The van der Waals surface area contributed by atoms with E-state index in [0.717, 1.165) is 18.9 Å². The molecular formula is C17H24N4O5S. The van der Waals surface area contributed by atoms with Crippen molar-refractivity contribution in [1.82, 2.24) is 14.5 Å². The number of nitro benzene ring substituents is 1. The maximum atomic E-state index is 13.0. The summed E-state index contributed by atoms with van der Waals surface area (Å²) in [6.45, 7) is 1.45. The van der Waals surface area contributed by atoms with E-state index >= 15 is 0 Å². The second-order valence-corrected chi connectivity index (χ2v) is 8.81. The predicted octanol–water partition coefficient (Wildman–Crippen LogP) is 0.958. The monoisotopic (exact) mass is 396 g/mol. The van der Waals surface area contributed by atoms with Crippen molar-refractivity contribution < 1.29 is 18.1 Å². The standard InChI is InChI=1S/C17H24N4O5S/c1-18-13-7-10-19(11-8-13)17(22)16-6-3-9-20(16)27(25,26)15-5-2-4-14(12-15)21(23)24/h2,4-5,12-13,16,18H,3,6-11H2,1H3. The minimum absolute atomic E-state index is 0.148. The Morgan fingerprint density at radius 2 is 1.93 bits per heavy atom. The van der Waals surface area contributed by atoms with Crippen molar-refractivity contribution in [3.8, 4) is 0 Å². The SMILES string of the molecule is CNC1CCN(C(=O)C2CCCN2S(=O)(=O)c2cccc([N+](=O)[O-])c2)CC1. The molecule has 3 rings (SSSR count). The third-order valence-electron chi connectivity index (χ3n) is 5.34. The van der Waals surface area contributed by atoms with Crippen LogP contribution in [0.4, 0.5) is 5.69 Å². The number of sulfonamides is 1. The highest BCUT2D eigenvalue weighted by molar-refractivity contribution is 7.89. The fourth-order valence-corrected chi connectivity index (χ4v) is 5.46. The number of piperidine rings is 1. The molecule has 1 N–H and O–H groups in total. The molecule has 0 aromatic heterocycles. The van der Waals surface area contributed by atoms with Gasteiger partial charge >= 0.3 is 0 Å². The Balaban J connectivity index is 1.80. The highest BCUT2D eigenvalue weighted by atomic mass is 32.2. The van der Waals surface area contributed by atoms with Crippen LogP contribution in [0.5, 0.6) is 0 Å². The molecule has 0 saturated carbocycles. The lowest BCUT2D eigenvalue weighted by Gasteiger charge is -2.35. The molecule has 0 radical (unpaired) electrons. The van der Waals surface area contributed by atoms with Gasteiger partial charge in [0.25, 0.3) is 5.69 Å². The zero-order chi connectivity index (χ0) is 19.6. The summed E-state index contributed by atoms with van der Waals surface area (Å²) in [5.41, 5.74) is -0.285. The third-order valence-corrected chi connectivity index (χ3v) is 7.24. The smallest absolute Gasteiger partial charge is 0.270 e. The van der Waals surface area contributed by atoms with Crippen LogP contribution in [0.15, 0.2) is 29.2 Å². The number of amides is 1. The molecule has 1 aromatic rings. The molecule has 2 aliphatic rings. The summed E-state index contributed by atoms with van der Waals surface area (Å²) < 4.78 is 27.3. The Kier molecular flexibility index (Phi) is 5.78. The van der Waals surface area contributed by atoms with E-state index in [2.05, 4.69) is 5.32 Å². The van der Waals surface area contributed by atoms with Crippen LogP contribution in [0, 0.1) is 10.1 Å². The van der Waals surface area contributed by atoms with Crippen LogP contribution in [-0.4, -0.2) is 67.2 Å². The van der Waals surface area contributed by atoms with Crippen LogP contribution in [0.25, 0.3) is 0 Å². The fraction of sp³-hybridized carbons (Fsp3) is 0.588. The molecule has 1 amide bonds. The Labute approximate surface area is 158 Å². The highest BCUT2D eigenvalue weighted by Crippen LogP contribution is 2.29. The quantitative estimate of drug-likeness (QED) is 0.586. The molecule has 0 bridgehead atoms. The van der Waals surface area contributed by atoms with Gasteiger partial charge in [0.05, 0.1) is 9.82 Å². The van der Waals surface area contributed by atoms with Gasteiger partial charge in [-0.05, 0) is 38.8 Å². The summed E-state index contributed by atoms with van der Waals surface area (Å²) in [4.78, 5) is 24.9. The van der Waals surface area contributed by atoms with Gasteiger partial charge in [0, 0.05) is 37.8 Å². The van der Waals surface area contributed by atoms with Crippen LogP contribution in [0.1, 0.15) is 25.7 Å². The predicted molar refractivity (Wildman–Crippen MR) is 98.7 cm³/mol. The molecule has 148 valence electrons. The second kappa shape index (κ2) is 7.91. The maximum absolute atomic E-state index is 13.0. The van der Waals surface area contributed by atoms with Gasteiger partial charge in [-0.15, -0.1) is 0 Å². The summed E-state index contributed by atoms with van der Waals surface area (Å²) in [6, 6.07) is 4.62. The minimum atomic E-state index is -3.97. The van der Waals surface area contributed by atoms with Gasteiger partial charge in [-0.3, -0.25) is 14.9 Å². The summed E-state index contributed by atoms with van der Waals surface area (Å²) in [5, 5.41) is 14.2. The molecule has 2 heterocycles. The molecular weight excluding hydrogens is 372 g/mol. The summed E-state index contributed by atoms with van der Waals surface area (Å²) in [5.74, 6) is -0.170. The Bertz CT molecular complexity index is 820. The number of nitrogens with one attached hydrogen (secondary N) is 1. The lowest BCUT2D eigenvalue weighted by Crippen LogP contribution is -2.51. The Hall–Kier alpha value is -2.04. The van der Waals surface area contributed by atoms with Gasteiger partial charge in [0.2, 0.25) is 15.9 Å². The number of rotatable bonds is 5. The number of likely N-dealkylation sites (tertiary alicyclic amines) is 1. The van der Waals surface area contributed by atoms with Gasteiger partial charge in [0.15, 0.2) is 0 Å². The lowest BCUT2D eigenvalue weighted by molar-refractivity contribution is -0.385. The number of hydrogen-bond acceptors (Lipinski definition) is 6. The van der Waals surface area contributed by atoms with E-state index in [4.69, 9.17) is 0 Å². The van der Waals surface area contributed by atoms with Gasteiger partial charge in [-0.2, -0.15) is 4.31 Å². The highest BCUT2D eigenvalue weighted by Gasteiger charge is 2.42. The molecule has 2 saturated heterocycles. The van der Waals surface area contributed by atoms with Gasteiger partial charge < -0.3 is 10.2 Å². The Morgan fingerprint density at radius 1 is 1.22 bits per heavy atom. The zero-order valence-electron chi connectivity index (χ0n) is 15.2. The van der Waals surface area contributed by atoms with Gasteiger partial charge in [-0.25, -0.2) is 8.42 Å². The molecule has 10 heteroatoms. The lowest BCUT2D eigenvalue weighted by atomic mass is 10.0. The molecule has 1 atom stereocenters. The van der Waals surface area contributed by atoms with Crippen LogP contribution >= 0.6 is 0 Å². The van der Waals surface area contributed by atoms with E-state index in [1.807, 2.05) is 7.05 Å². The molecule has 2 fully saturated rings. The molecule has 1 aromatic carbocycles.